The number of nitrogens with zero attached hydrogens (tertiary/aromatic N) is 2. The van der Waals surface area contributed by atoms with Crippen LogP contribution in [0.2, 0.25) is 0 Å². The molecule has 5 heteroatoms. The second kappa shape index (κ2) is 6.29. The summed E-state index contributed by atoms with van der Waals surface area (Å²) in [6.45, 7) is 0.660. The van der Waals surface area contributed by atoms with Crippen LogP contribution >= 0.6 is 0 Å². The zero-order chi connectivity index (χ0) is 18.2. The van der Waals surface area contributed by atoms with Gasteiger partial charge in [0.05, 0.1) is 23.7 Å². The minimum absolute atomic E-state index is 0.592. The number of methoxy groups -OCH3 is 1. The maximum Gasteiger partial charge on any atom is 0.224 e. The molecular weight excluding hydrogens is 338 g/mol. The van der Waals surface area contributed by atoms with Crippen LogP contribution in [0, 0.1) is 0 Å². The Labute approximate surface area is 156 Å². The van der Waals surface area contributed by atoms with Crippen LogP contribution in [0.5, 0.6) is 17.2 Å². The van der Waals surface area contributed by atoms with Gasteiger partial charge in [-0.1, -0.05) is 42.5 Å². The van der Waals surface area contributed by atoms with E-state index >= 15 is 0 Å². The molecule has 0 aliphatic carbocycles. The second-order valence-corrected chi connectivity index (χ2v) is 6.32. The molecule has 5 nitrogen and oxygen atoms in total. The molecule has 3 aromatic carbocycles. The summed E-state index contributed by atoms with van der Waals surface area (Å²) in [4.78, 5) is 9.49. The first kappa shape index (κ1) is 15.6. The molecule has 0 fully saturated rings. The van der Waals surface area contributed by atoms with Crippen molar-refractivity contribution in [2.24, 2.45) is 0 Å². The summed E-state index contributed by atoms with van der Waals surface area (Å²) in [5.74, 6) is 2.70. The first-order chi connectivity index (χ1) is 13.3. The van der Waals surface area contributed by atoms with Gasteiger partial charge in [0.1, 0.15) is 5.75 Å². The Balaban J connectivity index is 1.65. The Morgan fingerprint density at radius 3 is 2.59 bits per heavy atom. The number of ether oxygens (including phenoxy) is 2. The van der Waals surface area contributed by atoms with Gasteiger partial charge in [0, 0.05) is 12.1 Å². The lowest BCUT2D eigenvalue weighted by Gasteiger charge is -2.22. The van der Waals surface area contributed by atoms with Crippen molar-refractivity contribution >= 4 is 16.9 Å². The summed E-state index contributed by atoms with van der Waals surface area (Å²) < 4.78 is 11.6. The van der Waals surface area contributed by atoms with Crippen molar-refractivity contribution in [1.29, 1.82) is 0 Å². The fraction of sp³-hybridized carbons (Fsp3) is 0.0909. The van der Waals surface area contributed by atoms with E-state index in [0.29, 0.717) is 24.0 Å². The van der Waals surface area contributed by atoms with E-state index in [9.17, 15) is 0 Å². The number of hydrogen-bond acceptors (Lipinski definition) is 5. The van der Waals surface area contributed by atoms with Crippen LogP contribution in [0.25, 0.3) is 22.2 Å². The first-order valence-corrected chi connectivity index (χ1v) is 8.77. The van der Waals surface area contributed by atoms with Crippen molar-refractivity contribution in [3.05, 3.63) is 72.3 Å². The van der Waals surface area contributed by atoms with E-state index in [0.717, 1.165) is 27.9 Å². The number of anilines is 1. The van der Waals surface area contributed by atoms with Gasteiger partial charge in [-0.15, -0.1) is 0 Å². The predicted molar refractivity (Wildman–Crippen MR) is 105 cm³/mol. The van der Waals surface area contributed by atoms with E-state index in [4.69, 9.17) is 14.5 Å². The molecule has 1 aromatic heterocycles. The van der Waals surface area contributed by atoms with Crippen LogP contribution < -0.4 is 14.8 Å². The Hall–Kier alpha value is -3.60. The third-order valence-corrected chi connectivity index (χ3v) is 4.65. The maximum absolute atomic E-state index is 6.12. The predicted octanol–water partition coefficient (Wildman–Crippen LogP) is 5.02. The molecule has 2 heterocycles. The van der Waals surface area contributed by atoms with Crippen molar-refractivity contribution in [2.75, 3.05) is 12.4 Å². The lowest BCUT2D eigenvalue weighted by molar-refractivity contribution is 0.381. The van der Waals surface area contributed by atoms with Gasteiger partial charge in [-0.3, -0.25) is 0 Å². The highest BCUT2D eigenvalue weighted by Gasteiger charge is 2.25. The number of aromatic nitrogens is 2. The monoisotopic (exact) mass is 355 g/mol. The Bertz CT molecular complexity index is 1140. The van der Waals surface area contributed by atoms with Gasteiger partial charge >= 0.3 is 0 Å². The normalized spacial score (nSPS) is 11.6. The van der Waals surface area contributed by atoms with E-state index in [-0.39, 0.29) is 0 Å². The zero-order valence-electron chi connectivity index (χ0n) is 14.8. The van der Waals surface area contributed by atoms with Crippen molar-refractivity contribution < 1.29 is 9.47 Å². The van der Waals surface area contributed by atoms with Gasteiger partial charge in [0.15, 0.2) is 11.5 Å². The topological polar surface area (TPSA) is 56.3 Å². The smallest absolute Gasteiger partial charge is 0.224 e. The molecule has 0 bridgehead atoms. The number of nitrogens with one attached hydrogen (secondary N) is 1. The minimum atomic E-state index is 0.592. The molecule has 0 atom stereocenters. The minimum Gasteiger partial charge on any atom is -0.493 e. The fourth-order valence-corrected chi connectivity index (χ4v) is 3.35. The summed E-state index contributed by atoms with van der Waals surface area (Å²) in [5.41, 5.74) is 3.80. The van der Waals surface area contributed by atoms with Crippen LogP contribution in [0.3, 0.4) is 0 Å². The van der Waals surface area contributed by atoms with E-state index in [1.54, 1.807) is 7.11 Å². The molecule has 1 N–H and O–H groups in total. The molecule has 132 valence electrons. The van der Waals surface area contributed by atoms with Crippen molar-refractivity contribution in [1.82, 2.24) is 9.97 Å². The average molecular weight is 355 g/mol. The molecule has 4 aromatic rings. The summed E-state index contributed by atoms with van der Waals surface area (Å²) in [6.07, 6.45) is 0. The summed E-state index contributed by atoms with van der Waals surface area (Å²) in [5, 5.41) is 4.21. The highest BCUT2D eigenvalue weighted by Crippen LogP contribution is 2.49. The third kappa shape index (κ3) is 2.64. The van der Waals surface area contributed by atoms with Gasteiger partial charge < -0.3 is 14.8 Å². The summed E-state index contributed by atoms with van der Waals surface area (Å²) in [7, 11) is 1.64. The van der Waals surface area contributed by atoms with Gasteiger partial charge in [0.25, 0.3) is 0 Å². The van der Waals surface area contributed by atoms with Crippen molar-refractivity contribution in [3.63, 3.8) is 0 Å². The van der Waals surface area contributed by atoms with Crippen molar-refractivity contribution in [3.8, 4) is 28.5 Å². The Morgan fingerprint density at radius 1 is 0.926 bits per heavy atom. The zero-order valence-corrected chi connectivity index (χ0v) is 14.8. The van der Waals surface area contributed by atoms with Gasteiger partial charge in [-0.05, 0) is 29.8 Å². The molecule has 1 aliphatic heterocycles. The molecule has 0 radical (unpaired) electrons. The highest BCUT2D eigenvalue weighted by molar-refractivity contribution is 6.02. The molecule has 0 saturated carbocycles. The maximum atomic E-state index is 6.12. The van der Waals surface area contributed by atoms with Crippen LogP contribution in [-0.2, 0) is 6.54 Å². The van der Waals surface area contributed by atoms with E-state index < -0.39 is 0 Å². The molecule has 0 spiro atoms. The lowest BCUT2D eigenvalue weighted by atomic mass is 10.0. The van der Waals surface area contributed by atoms with Crippen LogP contribution in [0.1, 0.15) is 5.56 Å². The SMILES string of the molecule is COc1ccc2nc(NCc3ccccc3)nc3c2c1Oc1ccccc1-3. The quantitative estimate of drug-likeness (QED) is 0.490. The Morgan fingerprint density at radius 2 is 1.74 bits per heavy atom. The number of hydrogen-bond donors (Lipinski definition) is 1. The van der Waals surface area contributed by atoms with Gasteiger partial charge in [0.2, 0.25) is 5.95 Å². The molecule has 5 rings (SSSR count). The molecule has 27 heavy (non-hydrogen) atoms. The Kier molecular flexibility index (Phi) is 3.64. The second-order valence-electron chi connectivity index (χ2n) is 6.32. The molecule has 0 unspecified atom stereocenters. The largest absolute Gasteiger partial charge is 0.493 e. The van der Waals surface area contributed by atoms with E-state index in [2.05, 4.69) is 22.4 Å². The molecular formula is C22H17N3O2. The number of rotatable bonds is 4. The van der Waals surface area contributed by atoms with Crippen LogP contribution in [0.15, 0.2) is 66.7 Å². The van der Waals surface area contributed by atoms with Crippen LogP contribution in [-0.4, -0.2) is 17.1 Å². The molecule has 1 aliphatic rings. The van der Waals surface area contributed by atoms with E-state index in [1.165, 1.54) is 5.56 Å². The third-order valence-electron chi connectivity index (χ3n) is 4.65. The summed E-state index contributed by atoms with van der Waals surface area (Å²) >= 11 is 0. The highest BCUT2D eigenvalue weighted by atomic mass is 16.5. The van der Waals surface area contributed by atoms with Gasteiger partial charge in [-0.2, -0.15) is 0 Å². The lowest BCUT2D eigenvalue weighted by Crippen LogP contribution is -2.07. The summed E-state index contributed by atoms with van der Waals surface area (Å²) in [6, 6.07) is 21.9. The fourth-order valence-electron chi connectivity index (χ4n) is 3.35. The average Bonchev–Trinajstić information content (AvgIpc) is 2.73. The first-order valence-electron chi connectivity index (χ1n) is 8.77. The standard InChI is InChI=1S/C22H17N3O2/c1-26-18-12-11-16-19-20(15-9-5-6-10-17(15)27-21(18)19)25-22(24-16)23-13-14-7-3-2-4-8-14/h2-12H,13H2,1H3,(H,23,24,25). The van der Waals surface area contributed by atoms with E-state index in [1.807, 2.05) is 54.6 Å². The van der Waals surface area contributed by atoms with Crippen LogP contribution in [0.4, 0.5) is 5.95 Å². The number of para-hydroxylation sites is 1. The number of benzene rings is 3. The number of fused-ring (bicyclic) bond motifs is 2. The molecule has 0 amide bonds. The van der Waals surface area contributed by atoms with Crippen molar-refractivity contribution in [2.45, 2.75) is 6.54 Å². The van der Waals surface area contributed by atoms with Gasteiger partial charge in [-0.25, -0.2) is 9.97 Å². The molecule has 0 saturated heterocycles.